The molecule has 14 heavy (non-hydrogen) atoms. The third-order valence-corrected chi connectivity index (χ3v) is 4.51. The van der Waals surface area contributed by atoms with Crippen molar-refractivity contribution in [2.24, 2.45) is 0 Å². The van der Waals surface area contributed by atoms with Crippen molar-refractivity contribution in [2.45, 2.75) is 10.6 Å². The second kappa shape index (κ2) is 2.96. The minimum absolute atomic E-state index is 0.560. The van der Waals surface area contributed by atoms with Gasteiger partial charge < -0.3 is 0 Å². The largest absolute Gasteiger partial charge is 0.254 e. The molecule has 0 radical (unpaired) electrons. The molecule has 5 heteroatoms. The lowest BCUT2D eigenvalue weighted by Gasteiger charge is -2.12. The van der Waals surface area contributed by atoms with Gasteiger partial charge in [-0.2, -0.15) is 0 Å². The van der Waals surface area contributed by atoms with E-state index in [0.29, 0.717) is 5.75 Å². The number of fused-ring (bicyclic) bond motifs is 3. The van der Waals surface area contributed by atoms with E-state index in [4.69, 9.17) is 0 Å². The highest BCUT2D eigenvalue weighted by Crippen LogP contribution is 2.35. The van der Waals surface area contributed by atoms with Crippen LogP contribution in [0.4, 0.5) is 0 Å². The number of aromatic nitrogens is 2. The summed E-state index contributed by atoms with van der Waals surface area (Å²) >= 11 is 1.34. The number of hydrogen-bond donors (Lipinski definition) is 0. The summed E-state index contributed by atoms with van der Waals surface area (Å²) in [5.74, 6) is 0.560. The Morgan fingerprint density at radius 2 is 2.21 bits per heavy atom. The molecule has 1 atom stereocenters. The molecule has 70 valence electrons. The number of hydrogen-bond acceptors (Lipinski definition) is 4. The van der Waals surface area contributed by atoms with Gasteiger partial charge in [0.1, 0.15) is 5.69 Å². The van der Waals surface area contributed by atoms with Crippen molar-refractivity contribution in [3.63, 3.8) is 0 Å². The molecule has 0 aliphatic carbocycles. The van der Waals surface area contributed by atoms with Crippen LogP contribution in [0.2, 0.25) is 0 Å². The van der Waals surface area contributed by atoms with E-state index in [0.717, 1.165) is 21.0 Å². The Balaban J connectivity index is 2.36. The molecule has 0 bridgehead atoms. The Morgan fingerprint density at radius 1 is 1.36 bits per heavy atom. The van der Waals surface area contributed by atoms with Crippen molar-refractivity contribution in [1.29, 1.82) is 0 Å². The molecule has 3 rings (SSSR count). The van der Waals surface area contributed by atoms with Gasteiger partial charge in [-0.1, -0.05) is 22.7 Å². The van der Waals surface area contributed by atoms with Crippen LogP contribution in [0.5, 0.6) is 0 Å². The molecule has 1 aliphatic heterocycles. The number of nitrogens with zero attached hydrogens (tertiary/aromatic N) is 2. The van der Waals surface area contributed by atoms with Crippen molar-refractivity contribution in [1.82, 2.24) is 9.59 Å². The zero-order chi connectivity index (χ0) is 9.54. The summed E-state index contributed by atoms with van der Waals surface area (Å²) in [5.41, 5.74) is 1.88. The van der Waals surface area contributed by atoms with E-state index in [-0.39, 0.29) is 0 Å². The summed E-state index contributed by atoms with van der Waals surface area (Å²) < 4.78 is 15.7. The fourth-order valence-electron chi connectivity index (χ4n) is 1.57. The maximum atomic E-state index is 11.8. The molecular weight excluding hydrogens is 216 g/mol. The monoisotopic (exact) mass is 222 g/mol. The zero-order valence-electron chi connectivity index (χ0n) is 7.14. The van der Waals surface area contributed by atoms with Gasteiger partial charge in [0.25, 0.3) is 0 Å². The van der Waals surface area contributed by atoms with Gasteiger partial charge >= 0.3 is 0 Å². The van der Waals surface area contributed by atoms with Crippen LogP contribution in [-0.4, -0.2) is 13.8 Å². The first-order valence-corrected chi connectivity index (χ1v) is 6.24. The molecule has 0 N–H and O–H groups in total. The Labute approximate surface area is 87.4 Å². The lowest BCUT2D eigenvalue weighted by Crippen LogP contribution is -2.04. The summed E-state index contributed by atoms with van der Waals surface area (Å²) in [4.78, 5) is 1.91. The van der Waals surface area contributed by atoms with Gasteiger partial charge in [0.05, 0.1) is 21.4 Å². The highest BCUT2D eigenvalue weighted by molar-refractivity contribution is 7.84. The van der Waals surface area contributed by atoms with Crippen LogP contribution in [-0.2, 0) is 16.6 Å². The molecule has 3 nitrogen and oxygen atoms in total. The lowest BCUT2D eigenvalue weighted by atomic mass is 10.1. The number of benzene rings is 1. The highest BCUT2D eigenvalue weighted by Gasteiger charge is 2.23. The topological polar surface area (TPSA) is 42.9 Å². The van der Waals surface area contributed by atoms with Crippen LogP contribution in [0.1, 0.15) is 4.88 Å². The molecule has 0 saturated heterocycles. The van der Waals surface area contributed by atoms with Gasteiger partial charge in [-0.05, 0) is 17.6 Å². The average Bonchev–Trinajstić information content (AvgIpc) is 2.66. The van der Waals surface area contributed by atoms with Crippen LogP contribution in [0.3, 0.4) is 0 Å². The quantitative estimate of drug-likeness (QED) is 0.683. The van der Waals surface area contributed by atoms with Gasteiger partial charge in [0, 0.05) is 10.5 Å². The second-order valence-corrected chi connectivity index (χ2v) is 5.29. The van der Waals surface area contributed by atoms with Crippen LogP contribution >= 0.6 is 11.5 Å². The smallest absolute Gasteiger partial charge is 0.111 e. The van der Waals surface area contributed by atoms with Gasteiger partial charge in [-0.3, -0.25) is 4.21 Å². The molecule has 1 unspecified atom stereocenters. The Morgan fingerprint density at radius 3 is 3.14 bits per heavy atom. The molecule has 1 aromatic heterocycles. The normalized spacial score (nSPS) is 18.7. The maximum Gasteiger partial charge on any atom is 0.111 e. The summed E-state index contributed by atoms with van der Waals surface area (Å²) in [7, 11) is -0.924. The highest BCUT2D eigenvalue weighted by atomic mass is 32.2. The van der Waals surface area contributed by atoms with Crippen molar-refractivity contribution in [2.75, 3.05) is 0 Å². The predicted octanol–water partition coefficient (Wildman–Crippen LogP) is 1.83. The van der Waals surface area contributed by atoms with Crippen molar-refractivity contribution >= 4 is 22.3 Å². The van der Waals surface area contributed by atoms with Gasteiger partial charge in [0.2, 0.25) is 0 Å². The molecule has 0 saturated carbocycles. The van der Waals surface area contributed by atoms with Crippen LogP contribution in [0.15, 0.2) is 29.2 Å². The van der Waals surface area contributed by atoms with E-state index in [1.807, 2.05) is 24.3 Å². The Hall–Kier alpha value is -1.07. The molecule has 2 aromatic rings. The predicted molar refractivity (Wildman–Crippen MR) is 55.5 cm³/mol. The van der Waals surface area contributed by atoms with Crippen LogP contribution < -0.4 is 0 Å². The minimum Gasteiger partial charge on any atom is -0.254 e. The van der Waals surface area contributed by atoms with Crippen molar-refractivity contribution in [3.8, 4) is 11.3 Å². The Kier molecular flexibility index (Phi) is 1.75. The van der Waals surface area contributed by atoms with E-state index in [1.54, 1.807) is 0 Å². The maximum absolute atomic E-state index is 11.8. The molecular formula is C9H6N2OS2. The third kappa shape index (κ3) is 1.06. The lowest BCUT2D eigenvalue weighted by molar-refractivity contribution is 0.682. The second-order valence-electron chi connectivity index (χ2n) is 3.03. The van der Waals surface area contributed by atoms with Crippen LogP contribution in [0, 0.1) is 0 Å². The summed E-state index contributed by atoms with van der Waals surface area (Å²) in [5, 5.41) is 4.07. The number of rotatable bonds is 0. The van der Waals surface area contributed by atoms with Crippen LogP contribution in [0.25, 0.3) is 11.3 Å². The van der Waals surface area contributed by atoms with Crippen molar-refractivity contribution in [3.05, 3.63) is 29.1 Å². The van der Waals surface area contributed by atoms with Gasteiger partial charge in [-0.15, -0.1) is 5.10 Å². The zero-order valence-corrected chi connectivity index (χ0v) is 8.77. The molecule has 0 amide bonds. The Bertz CT molecular complexity index is 521. The van der Waals surface area contributed by atoms with E-state index in [2.05, 4.69) is 9.59 Å². The first-order valence-electron chi connectivity index (χ1n) is 4.15. The van der Waals surface area contributed by atoms with E-state index < -0.39 is 10.8 Å². The molecule has 2 heterocycles. The van der Waals surface area contributed by atoms with E-state index in [9.17, 15) is 4.21 Å². The van der Waals surface area contributed by atoms with Crippen molar-refractivity contribution < 1.29 is 4.21 Å². The fraction of sp³-hybridized carbons (Fsp3) is 0.111. The third-order valence-electron chi connectivity index (χ3n) is 2.21. The van der Waals surface area contributed by atoms with Gasteiger partial charge in [0.15, 0.2) is 0 Å². The molecule has 1 aliphatic rings. The minimum atomic E-state index is -0.924. The van der Waals surface area contributed by atoms with E-state index >= 15 is 0 Å². The van der Waals surface area contributed by atoms with Gasteiger partial charge in [-0.25, -0.2) is 0 Å². The summed E-state index contributed by atoms with van der Waals surface area (Å²) in [6.45, 7) is 0. The first-order chi connectivity index (χ1) is 6.86. The molecule has 0 fully saturated rings. The SMILES string of the molecule is O=S1Cc2snnc2-c2ccccc21. The van der Waals surface area contributed by atoms with E-state index in [1.165, 1.54) is 11.5 Å². The molecule has 0 spiro atoms. The summed E-state index contributed by atoms with van der Waals surface area (Å²) in [6, 6.07) is 7.69. The summed E-state index contributed by atoms with van der Waals surface area (Å²) in [6.07, 6.45) is 0. The standard InChI is InChI=1S/C9H6N2OS2/c12-14-5-7-9(10-11-13-7)6-3-1-2-4-8(6)14/h1-4H,5H2. The average molecular weight is 222 g/mol. The molecule has 1 aromatic carbocycles. The first kappa shape index (κ1) is 8.26. The fourth-order valence-corrected chi connectivity index (χ4v) is 3.73.